The lowest BCUT2D eigenvalue weighted by Crippen LogP contribution is -2.42. The number of aliphatic carboxylic acids is 1. The van der Waals surface area contributed by atoms with Gasteiger partial charge in [0, 0.05) is 19.3 Å². The highest BCUT2D eigenvalue weighted by atomic mass is 32.2. The molecule has 1 rings (SSSR count). The number of nitriles is 1. The third-order valence-corrected chi connectivity index (χ3v) is 4.22. The molecule has 0 bridgehead atoms. The van der Waals surface area contributed by atoms with Gasteiger partial charge in [-0.05, 0) is 37.2 Å². The fourth-order valence-corrected chi connectivity index (χ4v) is 2.86. The van der Waals surface area contributed by atoms with Crippen molar-refractivity contribution < 1.29 is 14.7 Å². The Kier molecular flexibility index (Phi) is 7.82. The largest absolute Gasteiger partial charge is 0.480 e. The molecule has 0 aromatic heterocycles. The number of amides is 1. The number of carbonyl (C=O) groups is 2. The average Bonchev–Trinajstić information content (AvgIpc) is 2.48. The predicted octanol–water partition coefficient (Wildman–Crippen LogP) is 1.45. The summed E-state index contributed by atoms with van der Waals surface area (Å²) in [6.45, 7) is 3.76. The van der Waals surface area contributed by atoms with Gasteiger partial charge in [-0.3, -0.25) is 4.79 Å². The number of likely N-dealkylation sites (tertiary alicyclic amines) is 1. The lowest BCUT2D eigenvalue weighted by molar-refractivity contribution is -0.141. The van der Waals surface area contributed by atoms with E-state index >= 15 is 0 Å². The number of rotatable bonds is 7. The minimum Gasteiger partial charge on any atom is -0.480 e. The normalized spacial score (nSPS) is 20.1. The van der Waals surface area contributed by atoms with Crippen LogP contribution in [0.15, 0.2) is 11.8 Å². The molecule has 6 nitrogen and oxygen atoms in total. The summed E-state index contributed by atoms with van der Waals surface area (Å²) in [7, 11) is 0. The quantitative estimate of drug-likeness (QED) is 0.543. The van der Waals surface area contributed by atoms with Gasteiger partial charge in [0.1, 0.15) is 17.7 Å². The zero-order chi connectivity index (χ0) is 16.5. The van der Waals surface area contributed by atoms with Crippen LogP contribution in [0.5, 0.6) is 0 Å². The van der Waals surface area contributed by atoms with E-state index in [2.05, 4.69) is 12.2 Å². The summed E-state index contributed by atoms with van der Waals surface area (Å²) in [4.78, 5) is 25.2. The number of thioether (sulfide) groups is 1. The Morgan fingerprint density at radius 2 is 2.32 bits per heavy atom. The van der Waals surface area contributed by atoms with Crippen LogP contribution in [0.2, 0.25) is 0 Å². The van der Waals surface area contributed by atoms with E-state index in [9.17, 15) is 9.59 Å². The molecule has 1 saturated heterocycles. The van der Waals surface area contributed by atoms with Crippen molar-refractivity contribution in [2.45, 2.75) is 32.2 Å². The number of hydrogen-bond acceptors (Lipinski definition) is 5. The summed E-state index contributed by atoms with van der Waals surface area (Å²) in [5.74, 6) is -0.534. The first-order chi connectivity index (χ1) is 10.5. The van der Waals surface area contributed by atoms with Crippen molar-refractivity contribution >= 4 is 23.6 Å². The van der Waals surface area contributed by atoms with Crippen molar-refractivity contribution in [1.29, 1.82) is 5.26 Å². The van der Waals surface area contributed by atoms with Crippen LogP contribution in [0, 0.1) is 17.2 Å². The number of carbonyl (C=O) groups excluding carboxylic acids is 1. The van der Waals surface area contributed by atoms with E-state index in [0.717, 1.165) is 25.9 Å². The molecule has 7 heteroatoms. The van der Waals surface area contributed by atoms with Gasteiger partial charge in [0.15, 0.2) is 0 Å². The van der Waals surface area contributed by atoms with Gasteiger partial charge in [-0.1, -0.05) is 6.92 Å². The summed E-state index contributed by atoms with van der Waals surface area (Å²) in [5.41, 5.74) is -0.0375. The Balaban J connectivity index is 2.70. The van der Waals surface area contributed by atoms with Crippen LogP contribution in [0.4, 0.5) is 0 Å². The number of hydrogen-bond donors (Lipinski definition) is 2. The molecule has 0 radical (unpaired) electrons. The van der Waals surface area contributed by atoms with Crippen molar-refractivity contribution in [2.24, 2.45) is 5.92 Å². The van der Waals surface area contributed by atoms with Gasteiger partial charge in [0.2, 0.25) is 0 Å². The highest BCUT2D eigenvalue weighted by Gasteiger charge is 2.22. The van der Waals surface area contributed by atoms with Crippen molar-refractivity contribution in [2.75, 3.05) is 25.1 Å². The third kappa shape index (κ3) is 5.98. The van der Waals surface area contributed by atoms with E-state index in [0.29, 0.717) is 18.1 Å². The molecular formula is C15H23N3O3S. The summed E-state index contributed by atoms with van der Waals surface area (Å²) in [6, 6.07) is 0.912. The maximum Gasteiger partial charge on any atom is 0.326 e. The number of carboxylic acids is 1. The number of nitrogens with one attached hydrogen (secondary N) is 1. The fourth-order valence-electron chi connectivity index (χ4n) is 2.39. The second-order valence-corrected chi connectivity index (χ2v) is 6.53. The first-order valence-electron chi connectivity index (χ1n) is 7.36. The number of nitrogens with zero attached hydrogens (tertiary/aromatic N) is 2. The molecule has 1 heterocycles. The fraction of sp³-hybridized carbons (Fsp3) is 0.667. The van der Waals surface area contributed by atoms with Gasteiger partial charge in [-0.2, -0.15) is 17.0 Å². The lowest BCUT2D eigenvalue weighted by atomic mass is 10.0. The third-order valence-electron chi connectivity index (χ3n) is 3.58. The van der Waals surface area contributed by atoms with E-state index in [-0.39, 0.29) is 5.57 Å². The molecule has 0 aliphatic carbocycles. The highest BCUT2D eigenvalue weighted by Crippen LogP contribution is 2.16. The smallest absolute Gasteiger partial charge is 0.326 e. The van der Waals surface area contributed by atoms with Crippen molar-refractivity contribution in [3.8, 4) is 6.07 Å². The molecule has 1 aliphatic rings. The monoisotopic (exact) mass is 325 g/mol. The zero-order valence-electron chi connectivity index (χ0n) is 13.0. The predicted molar refractivity (Wildman–Crippen MR) is 86.2 cm³/mol. The number of carboxylic acid groups (broad SMARTS) is 1. The van der Waals surface area contributed by atoms with Crippen LogP contribution in [0.3, 0.4) is 0 Å². The minimum absolute atomic E-state index is 0.0375. The summed E-state index contributed by atoms with van der Waals surface area (Å²) >= 11 is 1.51. The highest BCUT2D eigenvalue weighted by molar-refractivity contribution is 7.98. The Hall–Kier alpha value is -1.68. The van der Waals surface area contributed by atoms with Gasteiger partial charge < -0.3 is 15.3 Å². The van der Waals surface area contributed by atoms with Gasteiger partial charge in [0.25, 0.3) is 5.91 Å². The molecule has 22 heavy (non-hydrogen) atoms. The topological polar surface area (TPSA) is 93.4 Å². The van der Waals surface area contributed by atoms with Crippen LogP contribution >= 0.6 is 11.8 Å². The molecule has 1 fully saturated rings. The molecule has 0 aromatic carbocycles. The van der Waals surface area contributed by atoms with E-state index in [1.807, 2.05) is 17.2 Å². The molecule has 0 aromatic rings. The maximum atomic E-state index is 12.1. The van der Waals surface area contributed by atoms with Crippen LogP contribution in [-0.2, 0) is 9.59 Å². The molecule has 1 amide bonds. The molecule has 0 spiro atoms. The van der Waals surface area contributed by atoms with Gasteiger partial charge in [0.05, 0.1) is 0 Å². The second-order valence-electron chi connectivity index (χ2n) is 5.54. The van der Waals surface area contributed by atoms with Gasteiger partial charge in [-0.15, -0.1) is 0 Å². The molecule has 2 unspecified atom stereocenters. The standard InChI is InChI=1S/C15H23N3O3S/c1-11-4-3-6-18(9-11)10-12(8-16)14(19)17-13(15(20)21)5-7-22-2/h10-11,13H,3-7,9H2,1-2H3,(H,17,19)(H,20,21)/b12-10-. The molecule has 2 N–H and O–H groups in total. The maximum absolute atomic E-state index is 12.1. The van der Waals surface area contributed by atoms with Crippen molar-refractivity contribution in [1.82, 2.24) is 10.2 Å². The van der Waals surface area contributed by atoms with Crippen LogP contribution in [0.25, 0.3) is 0 Å². The average molecular weight is 325 g/mol. The summed E-state index contributed by atoms with van der Waals surface area (Å²) < 4.78 is 0. The van der Waals surface area contributed by atoms with Crippen molar-refractivity contribution in [3.63, 3.8) is 0 Å². The SMILES string of the molecule is CSCCC(NC(=O)/C(C#N)=C\N1CCCC(C)C1)C(=O)O. The van der Waals surface area contributed by atoms with Gasteiger partial charge >= 0.3 is 5.97 Å². The first-order valence-corrected chi connectivity index (χ1v) is 8.76. The molecule has 122 valence electrons. The number of piperidine rings is 1. The van der Waals surface area contributed by atoms with E-state index < -0.39 is 17.9 Å². The lowest BCUT2D eigenvalue weighted by Gasteiger charge is -2.30. The van der Waals surface area contributed by atoms with Crippen LogP contribution in [-0.4, -0.2) is 53.0 Å². The Morgan fingerprint density at radius 1 is 1.59 bits per heavy atom. The molecular weight excluding hydrogens is 302 g/mol. The first kappa shape index (κ1) is 18.4. The summed E-state index contributed by atoms with van der Waals surface area (Å²) in [6.07, 6.45) is 5.94. The van der Waals surface area contributed by atoms with E-state index in [1.165, 1.54) is 11.8 Å². The zero-order valence-corrected chi connectivity index (χ0v) is 13.9. The second kappa shape index (κ2) is 9.36. The van der Waals surface area contributed by atoms with Crippen LogP contribution in [0.1, 0.15) is 26.2 Å². The molecule has 2 atom stereocenters. The summed E-state index contributed by atoms with van der Waals surface area (Å²) in [5, 5.41) is 20.7. The van der Waals surface area contributed by atoms with E-state index in [1.54, 1.807) is 6.20 Å². The van der Waals surface area contributed by atoms with Crippen LogP contribution < -0.4 is 5.32 Å². The van der Waals surface area contributed by atoms with Gasteiger partial charge in [-0.25, -0.2) is 4.79 Å². The minimum atomic E-state index is -1.08. The molecule has 1 aliphatic heterocycles. The Bertz CT molecular complexity index is 473. The Labute approximate surface area is 135 Å². The van der Waals surface area contributed by atoms with E-state index in [4.69, 9.17) is 10.4 Å². The molecule has 0 saturated carbocycles. The van der Waals surface area contributed by atoms with Crippen molar-refractivity contribution in [3.05, 3.63) is 11.8 Å². The Morgan fingerprint density at radius 3 is 2.86 bits per heavy atom.